The van der Waals surface area contributed by atoms with Gasteiger partial charge in [-0.05, 0) is 45.0 Å². The molecule has 0 radical (unpaired) electrons. The van der Waals surface area contributed by atoms with Crippen LogP contribution in [0, 0.1) is 0 Å². The standard InChI is InChI=1S/C23H31N5O4/c1-4-24-22(30)25-17-7-5-16(6-8-17)20-26-19-18(14-32-23(19,3)9-11-29)21(27-20)28-10-12-31-13-15(28)2/h5-8,15,29H,4,9-14H2,1-3H3,(H2,24,25,30)/t15-,23?/m0/s1. The summed E-state index contributed by atoms with van der Waals surface area (Å²) in [5.74, 6) is 1.46. The van der Waals surface area contributed by atoms with E-state index in [9.17, 15) is 9.90 Å². The number of amides is 2. The van der Waals surface area contributed by atoms with E-state index in [2.05, 4.69) is 22.5 Å². The van der Waals surface area contributed by atoms with Crippen LogP contribution in [0.25, 0.3) is 11.4 Å². The third kappa shape index (κ3) is 4.41. The van der Waals surface area contributed by atoms with Gasteiger partial charge in [0.2, 0.25) is 0 Å². The number of fused-ring (bicyclic) bond motifs is 1. The Morgan fingerprint density at radius 1 is 1.31 bits per heavy atom. The van der Waals surface area contributed by atoms with Gasteiger partial charge < -0.3 is 30.1 Å². The van der Waals surface area contributed by atoms with Crippen LogP contribution < -0.4 is 15.5 Å². The van der Waals surface area contributed by atoms with Crippen molar-refractivity contribution in [2.45, 2.75) is 45.4 Å². The van der Waals surface area contributed by atoms with Gasteiger partial charge in [0, 0.05) is 42.9 Å². The maximum absolute atomic E-state index is 11.8. The SMILES string of the molecule is CCNC(=O)Nc1ccc(-c2nc(N3CCOC[C@@H]3C)c3c(n2)C(C)(CCO)OC3)cc1. The minimum Gasteiger partial charge on any atom is -0.396 e. The van der Waals surface area contributed by atoms with Crippen LogP contribution in [-0.2, 0) is 21.7 Å². The summed E-state index contributed by atoms with van der Waals surface area (Å²) in [6, 6.07) is 7.41. The molecule has 1 unspecified atom stereocenters. The molecular formula is C23H31N5O4. The predicted molar refractivity (Wildman–Crippen MR) is 122 cm³/mol. The lowest BCUT2D eigenvalue weighted by atomic mass is 9.96. The van der Waals surface area contributed by atoms with E-state index in [-0.39, 0.29) is 18.7 Å². The number of nitrogens with one attached hydrogen (secondary N) is 2. The number of ether oxygens (including phenoxy) is 2. The van der Waals surface area contributed by atoms with Crippen molar-refractivity contribution in [2.24, 2.45) is 0 Å². The number of morpholine rings is 1. The number of hydrogen-bond donors (Lipinski definition) is 3. The van der Waals surface area contributed by atoms with Crippen LogP contribution in [-0.4, -0.2) is 60.1 Å². The topological polar surface area (TPSA) is 109 Å². The number of hydrogen-bond acceptors (Lipinski definition) is 7. The molecular weight excluding hydrogens is 410 g/mol. The molecule has 3 heterocycles. The predicted octanol–water partition coefficient (Wildman–Crippen LogP) is 2.64. The first-order chi connectivity index (χ1) is 15.4. The Labute approximate surface area is 188 Å². The summed E-state index contributed by atoms with van der Waals surface area (Å²) >= 11 is 0. The molecule has 9 heteroatoms. The number of aliphatic hydroxyl groups excluding tert-OH is 1. The van der Waals surface area contributed by atoms with Crippen LogP contribution >= 0.6 is 0 Å². The zero-order chi connectivity index (χ0) is 22.7. The van der Waals surface area contributed by atoms with Gasteiger partial charge in [0.25, 0.3) is 0 Å². The molecule has 1 aromatic carbocycles. The number of nitrogens with zero attached hydrogens (tertiary/aromatic N) is 3. The molecule has 2 aliphatic heterocycles. The molecule has 0 bridgehead atoms. The van der Waals surface area contributed by atoms with Gasteiger partial charge in [-0.3, -0.25) is 0 Å². The van der Waals surface area contributed by atoms with Gasteiger partial charge in [-0.2, -0.15) is 0 Å². The van der Waals surface area contributed by atoms with Crippen LogP contribution in [0.2, 0.25) is 0 Å². The van der Waals surface area contributed by atoms with E-state index in [0.717, 1.165) is 29.2 Å². The van der Waals surface area contributed by atoms with Gasteiger partial charge in [-0.15, -0.1) is 0 Å². The Morgan fingerprint density at radius 3 is 2.78 bits per heavy atom. The fourth-order valence-electron chi connectivity index (χ4n) is 4.19. The second kappa shape index (κ2) is 9.40. The van der Waals surface area contributed by atoms with E-state index in [1.807, 2.05) is 38.1 Å². The molecule has 2 aromatic rings. The molecule has 172 valence electrons. The first-order valence-electron chi connectivity index (χ1n) is 11.1. The Morgan fingerprint density at radius 2 is 2.09 bits per heavy atom. The summed E-state index contributed by atoms with van der Waals surface area (Å²) in [6.45, 7) is 8.99. The Bertz CT molecular complexity index is 968. The molecule has 2 aliphatic rings. The number of carbonyl (C=O) groups excluding carboxylic acids is 1. The summed E-state index contributed by atoms with van der Waals surface area (Å²) in [6.07, 6.45) is 0.462. The normalized spacial score (nSPS) is 22.5. The molecule has 0 spiro atoms. The van der Waals surface area contributed by atoms with Crippen LogP contribution in [0.3, 0.4) is 0 Å². The summed E-state index contributed by atoms with van der Waals surface area (Å²) in [4.78, 5) is 23.9. The van der Waals surface area contributed by atoms with Crippen molar-refractivity contribution in [1.82, 2.24) is 15.3 Å². The monoisotopic (exact) mass is 441 g/mol. The molecule has 32 heavy (non-hydrogen) atoms. The summed E-state index contributed by atoms with van der Waals surface area (Å²) < 4.78 is 11.7. The minimum absolute atomic E-state index is 0.0127. The second-order valence-electron chi connectivity index (χ2n) is 8.37. The number of aromatic nitrogens is 2. The highest BCUT2D eigenvalue weighted by molar-refractivity contribution is 5.89. The molecule has 2 amide bonds. The maximum atomic E-state index is 11.8. The molecule has 1 saturated heterocycles. The molecule has 1 aromatic heterocycles. The third-order valence-electron chi connectivity index (χ3n) is 5.99. The van der Waals surface area contributed by atoms with Gasteiger partial charge in [-0.1, -0.05) is 0 Å². The van der Waals surface area contributed by atoms with Gasteiger partial charge >= 0.3 is 6.03 Å². The van der Waals surface area contributed by atoms with Crippen LogP contribution in [0.1, 0.15) is 38.4 Å². The molecule has 9 nitrogen and oxygen atoms in total. The first-order valence-corrected chi connectivity index (χ1v) is 11.1. The van der Waals surface area contributed by atoms with Gasteiger partial charge in [0.1, 0.15) is 11.4 Å². The summed E-state index contributed by atoms with van der Waals surface area (Å²) in [7, 11) is 0. The zero-order valence-corrected chi connectivity index (χ0v) is 18.9. The van der Waals surface area contributed by atoms with Crippen molar-refractivity contribution in [3.8, 4) is 11.4 Å². The number of aliphatic hydroxyl groups is 1. The first kappa shape index (κ1) is 22.4. The maximum Gasteiger partial charge on any atom is 0.319 e. The molecule has 2 atom stereocenters. The highest BCUT2D eigenvalue weighted by atomic mass is 16.5. The average Bonchev–Trinajstić information content (AvgIpc) is 3.11. The number of rotatable bonds is 6. The third-order valence-corrected chi connectivity index (χ3v) is 5.99. The smallest absolute Gasteiger partial charge is 0.319 e. The van der Waals surface area contributed by atoms with Crippen LogP contribution in [0.15, 0.2) is 24.3 Å². The van der Waals surface area contributed by atoms with E-state index in [1.165, 1.54) is 0 Å². The number of anilines is 2. The minimum atomic E-state index is -0.661. The molecule has 4 rings (SSSR count). The van der Waals surface area contributed by atoms with Crippen molar-refractivity contribution in [3.63, 3.8) is 0 Å². The van der Waals surface area contributed by atoms with Gasteiger partial charge in [0.15, 0.2) is 5.82 Å². The molecule has 1 fully saturated rings. The molecule has 0 saturated carbocycles. The highest BCUT2D eigenvalue weighted by Gasteiger charge is 2.41. The lowest BCUT2D eigenvalue weighted by molar-refractivity contribution is -0.0410. The van der Waals surface area contributed by atoms with E-state index in [4.69, 9.17) is 19.4 Å². The Kier molecular flexibility index (Phi) is 6.59. The molecule has 3 N–H and O–H groups in total. The largest absolute Gasteiger partial charge is 0.396 e. The lowest BCUT2D eigenvalue weighted by Crippen LogP contribution is -2.44. The summed E-state index contributed by atoms with van der Waals surface area (Å²) in [5, 5.41) is 15.1. The zero-order valence-electron chi connectivity index (χ0n) is 18.9. The van der Waals surface area contributed by atoms with Crippen molar-refractivity contribution < 1.29 is 19.4 Å². The lowest BCUT2D eigenvalue weighted by Gasteiger charge is -2.35. The van der Waals surface area contributed by atoms with E-state index >= 15 is 0 Å². The fraction of sp³-hybridized carbons (Fsp3) is 0.522. The fourth-order valence-corrected chi connectivity index (χ4v) is 4.19. The van der Waals surface area contributed by atoms with Crippen molar-refractivity contribution in [3.05, 3.63) is 35.5 Å². The van der Waals surface area contributed by atoms with E-state index in [1.54, 1.807) is 0 Å². The van der Waals surface area contributed by atoms with Crippen molar-refractivity contribution in [2.75, 3.05) is 43.1 Å². The van der Waals surface area contributed by atoms with Crippen LogP contribution in [0.5, 0.6) is 0 Å². The number of carbonyl (C=O) groups is 1. The van der Waals surface area contributed by atoms with Crippen molar-refractivity contribution in [1.29, 1.82) is 0 Å². The van der Waals surface area contributed by atoms with Crippen molar-refractivity contribution >= 4 is 17.5 Å². The average molecular weight is 442 g/mol. The van der Waals surface area contributed by atoms with Gasteiger partial charge in [-0.25, -0.2) is 14.8 Å². The quantitative estimate of drug-likeness (QED) is 0.632. The van der Waals surface area contributed by atoms with Crippen LogP contribution in [0.4, 0.5) is 16.3 Å². The van der Waals surface area contributed by atoms with Gasteiger partial charge in [0.05, 0.1) is 31.6 Å². The number of benzene rings is 1. The van der Waals surface area contributed by atoms with E-state index < -0.39 is 5.60 Å². The number of urea groups is 1. The summed E-state index contributed by atoms with van der Waals surface area (Å²) in [5.41, 5.74) is 2.68. The second-order valence-corrected chi connectivity index (χ2v) is 8.37. The Balaban J connectivity index is 1.72. The highest BCUT2D eigenvalue weighted by Crippen LogP contribution is 2.42. The van der Waals surface area contributed by atoms with E-state index in [0.29, 0.717) is 44.3 Å². The molecule has 0 aliphatic carbocycles. The Hall–Kier alpha value is -2.75.